The molecular formula is C23H21N5OS. The first-order valence-electron chi connectivity index (χ1n) is 10.0. The Balaban J connectivity index is 1.44. The zero-order chi connectivity index (χ0) is 20.5. The molecule has 4 heterocycles. The number of carbonyl (C=O) groups is 1. The van der Waals surface area contributed by atoms with Crippen LogP contribution in [-0.4, -0.2) is 32.3 Å². The lowest BCUT2D eigenvalue weighted by Crippen LogP contribution is -2.31. The van der Waals surface area contributed by atoms with Gasteiger partial charge in [0.25, 0.3) is 5.91 Å². The molecule has 0 radical (unpaired) electrons. The van der Waals surface area contributed by atoms with E-state index in [-0.39, 0.29) is 11.9 Å². The van der Waals surface area contributed by atoms with Gasteiger partial charge in [-0.1, -0.05) is 30.3 Å². The second kappa shape index (κ2) is 7.84. The number of nitrogens with zero attached hydrogens (tertiary/aromatic N) is 4. The predicted octanol–water partition coefficient (Wildman–Crippen LogP) is 5.12. The van der Waals surface area contributed by atoms with E-state index >= 15 is 0 Å². The zero-order valence-corrected chi connectivity index (χ0v) is 17.4. The molecule has 1 aromatic carbocycles. The van der Waals surface area contributed by atoms with Crippen molar-refractivity contribution in [1.82, 2.24) is 19.9 Å². The molecule has 6 nitrogen and oxygen atoms in total. The molecular weight excluding hydrogens is 394 g/mol. The number of thiazole rings is 1. The van der Waals surface area contributed by atoms with E-state index in [2.05, 4.69) is 15.3 Å². The molecule has 1 aliphatic heterocycles. The molecule has 3 aromatic heterocycles. The van der Waals surface area contributed by atoms with Gasteiger partial charge in [0.1, 0.15) is 11.5 Å². The van der Waals surface area contributed by atoms with Crippen LogP contribution in [0.3, 0.4) is 0 Å². The zero-order valence-electron chi connectivity index (χ0n) is 16.6. The standard InChI is InChI=1S/C23H21N5OS/c1-15-14-25-23(30-15)27-20-10-4-8-18(26-20)19-9-5-13-28(19)22(29)21-17-7-3-2-6-16(17)11-12-24-21/h2-4,6-8,10-12,14,19H,5,9,13H2,1H3,(H,25,26,27). The van der Waals surface area contributed by atoms with Gasteiger partial charge in [-0.2, -0.15) is 0 Å². The Morgan fingerprint density at radius 2 is 2.03 bits per heavy atom. The van der Waals surface area contributed by atoms with Gasteiger partial charge in [0.15, 0.2) is 5.13 Å². The van der Waals surface area contributed by atoms with Gasteiger partial charge in [0.2, 0.25) is 0 Å². The van der Waals surface area contributed by atoms with E-state index in [4.69, 9.17) is 4.98 Å². The van der Waals surface area contributed by atoms with Crippen LogP contribution >= 0.6 is 11.3 Å². The first-order chi connectivity index (χ1) is 14.7. The molecule has 1 fully saturated rings. The molecule has 30 heavy (non-hydrogen) atoms. The number of anilines is 2. The summed E-state index contributed by atoms with van der Waals surface area (Å²) in [5, 5.41) is 6.00. The fourth-order valence-electron chi connectivity index (χ4n) is 3.97. The maximum absolute atomic E-state index is 13.4. The Bertz CT molecular complexity index is 1220. The van der Waals surface area contributed by atoms with Crippen molar-refractivity contribution in [2.24, 2.45) is 0 Å². The van der Waals surface area contributed by atoms with E-state index in [1.54, 1.807) is 17.5 Å². The number of aryl methyl sites for hydroxylation is 1. The first-order valence-corrected chi connectivity index (χ1v) is 10.8. The van der Waals surface area contributed by atoms with Crippen LogP contribution < -0.4 is 5.32 Å². The van der Waals surface area contributed by atoms with E-state index in [1.807, 2.05) is 66.6 Å². The molecule has 0 aliphatic carbocycles. The van der Waals surface area contributed by atoms with E-state index in [9.17, 15) is 4.79 Å². The number of rotatable bonds is 4. The van der Waals surface area contributed by atoms with Crippen LogP contribution in [0.15, 0.2) is 60.9 Å². The highest BCUT2D eigenvalue weighted by Crippen LogP contribution is 2.34. The molecule has 1 aliphatic rings. The third-order valence-corrected chi connectivity index (χ3v) is 6.19. The summed E-state index contributed by atoms with van der Waals surface area (Å²) in [6, 6.07) is 15.6. The van der Waals surface area contributed by atoms with Crippen LogP contribution in [0.5, 0.6) is 0 Å². The van der Waals surface area contributed by atoms with E-state index in [0.29, 0.717) is 12.2 Å². The normalized spacial score (nSPS) is 16.2. The van der Waals surface area contributed by atoms with E-state index in [0.717, 1.165) is 45.1 Å². The molecule has 1 saturated heterocycles. The summed E-state index contributed by atoms with van der Waals surface area (Å²) >= 11 is 1.59. The van der Waals surface area contributed by atoms with Gasteiger partial charge in [-0.05, 0) is 43.4 Å². The summed E-state index contributed by atoms with van der Waals surface area (Å²) < 4.78 is 0. The van der Waals surface area contributed by atoms with Crippen molar-refractivity contribution >= 4 is 39.0 Å². The molecule has 1 amide bonds. The minimum Gasteiger partial charge on any atom is -0.329 e. The van der Waals surface area contributed by atoms with Crippen LogP contribution in [0, 0.1) is 6.92 Å². The Morgan fingerprint density at radius 3 is 2.90 bits per heavy atom. The predicted molar refractivity (Wildman–Crippen MR) is 119 cm³/mol. The van der Waals surface area contributed by atoms with Crippen molar-refractivity contribution < 1.29 is 4.79 Å². The first kappa shape index (κ1) is 18.7. The van der Waals surface area contributed by atoms with E-state index in [1.165, 1.54) is 0 Å². The van der Waals surface area contributed by atoms with Crippen LogP contribution in [0.1, 0.15) is 39.9 Å². The lowest BCUT2D eigenvalue weighted by atomic mass is 10.1. The summed E-state index contributed by atoms with van der Waals surface area (Å²) in [5.41, 5.74) is 1.40. The van der Waals surface area contributed by atoms with Crippen LogP contribution in [0.4, 0.5) is 10.9 Å². The van der Waals surface area contributed by atoms with Crippen LogP contribution in [0.2, 0.25) is 0 Å². The molecule has 0 spiro atoms. The van der Waals surface area contributed by atoms with E-state index < -0.39 is 0 Å². The lowest BCUT2D eigenvalue weighted by Gasteiger charge is -2.24. The van der Waals surface area contributed by atoms with Crippen molar-refractivity contribution in [3.63, 3.8) is 0 Å². The number of fused-ring (bicyclic) bond motifs is 1. The largest absolute Gasteiger partial charge is 0.329 e. The van der Waals surface area contributed by atoms with Crippen molar-refractivity contribution in [2.75, 3.05) is 11.9 Å². The monoisotopic (exact) mass is 415 g/mol. The Kier molecular flexibility index (Phi) is 4.88. The van der Waals surface area contributed by atoms with Gasteiger partial charge in [-0.25, -0.2) is 9.97 Å². The highest BCUT2D eigenvalue weighted by atomic mass is 32.1. The smallest absolute Gasteiger partial charge is 0.273 e. The molecule has 1 atom stereocenters. The lowest BCUT2D eigenvalue weighted by molar-refractivity contribution is 0.0729. The van der Waals surface area contributed by atoms with Gasteiger partial charge in [0.05, 0.1) is 11.7 Å². The third kappa shape index (κ3) is 3.52. The number of carbonyl (C=O) groups excluding carboxylic acids is 1. The van der Waals surface area contributed by atoms with Crippen molar-refractivity contribution in [3.05, 3.63) is 77.2 Å². The second-order valence-corrected chi connectivity index (χ2v) is 8.62. The Hall–Kier alpha value is -3.32. The van der Waals surface area contributed by atoms with Crippen molar-refractivity contribution in [2.45, 2.75) is 25.8 Å². The maximum Gasteiger partial charge on any atom is 0.273 e. The number of aromatic nitrogens is 3. The third-order valence-electron chi connectivity index (χ3n) is 5.36. The highest BCUT2D eigenvalue weighted by Gasteiger charge is 2.33. The van der Waals surface area contributed by atoms with Crippen molar-refractivity contribution in [1.29, 1.82) is 0 Å². The highest BCUT2D eigenvalue weighted by molar-refractivity contribution is 7.15. The van der Waals surface area contributed by atoms with Gasteiger partial charge < -0.3 is 10.2 Å². The fraction of sp³-hybridized carbons (Fsp3) is 0.217. The maximum atomic E-state index is 13.4. The van der Waals surface area contributed by atoms with Crippen LogP contribution in [-0.2, 0) is 0 Å². The average Bonchev–Trinajstić information content (AvgIpc) is 3.42. The van der Waals surface area contributed by atoms with Gasteiger partial charge in [0, 0.05) is 29.2 Å². The average molecular weight is 416 g/mol. The summed E-state index contributed by atoms with van der Waals surface area (Å²) in [7, 11) is 0. The van der Waals surface area contributed by atoms with Gasteiger partial charge in [-0.15, -0.1) is 11.3 Å². The number of likely N-dealkylation sites (tertiary alicyclic amines) is 1. The number of hydrogen-bond acceptors (Lipinski definition) is 6. The molecule has 0 saturated carbocycles. The molecule has 1 unspecified atom stereocenters. The summed E-state index contributed by atoms with van der Waals surface area (Å²) in [5.74, 6) is 0.703. The minimum absolute atomic E-state index is 0.0370. The second-order valence-electron chi connectivity index (χ2n) is 7.39. The minimum atomic E-state index is -0.0574. The Labute approximate surface area is 178 Å². The number of amides is 1. The summed E-state index contributed by atoms with van der Waals surface area (Å²) in [6.45, 7) is 2.73. The van der Waals surface area contributed by atoms with Gasteiger partial charge in [-0.3, -0.25) is 9.78 Å². The summed E-state index contributed by atoms with van der Waals surface area (Å²) in [4.78, 5) is 30.0. The van der Waals surface area contributed by atoms with Crippen LogP contribution in [0.25, 0.3) is 10.8 Å². The fourth-order valence-corrected chi connectivity index (χ4v) is 4.64. The molecule has 150 valence electrons. The number of nitrogens with one attached hydrogen (secondary N) is 1. The number of benzene rings is 1. The number of hydrogen-bond donors (Lipinski definition) is 1. The molecule has 4 aromatic rings. The SMILES string of the molecule is Cc1cnc(Nc2cccc(C3CCCN3C(=O)c3nccc4ccccc34)n2)s1. The molecule has 7 heteroatoms. The van der Waals surface area contributed by atoms with Gasteiger partial charge >= 0.3 is 0 Å². The number of pyridine rings is 2. The summed E-state index contributed by atoms with van der Waals surface area (Å²) in [6.07, 6.45) is 5.39. The van der Waals surface area contributed by atoms with Crippen molar-refractivity contribution in [3.8, 4) is 0 Å². The quantitative estimate of drug-likeness (QED) is 0.501. The molecule has 5 rings (SSSR count). The Morgan fingerprint density at radius 1 is 1.13 bits per heavy atom. The molecule has 1 N–H and O–H groups in total. The topological polar surface area (TPSA) is 71.0 Å². The molecule has 0 bridgehead atoms.